The zero-order chi connectivity index (χ0) is 45.7. The van der Waals surface area contributed by atoms with Crippen LogP contribution < -0.4 is 15.6 Å². The molecule has 7 aromatic rings. The van der Waals surface area contributed by atoms with E-state index in [-0.39, 0.29) is 61.7 Å². The summed E-state index contributed by atoms with van der Waals surface area (Å²) >= 11 is 6.65. The summed E-state index contributed by atoms with van der Waals surface area (Å²) in [5.74, 6) is -8.75. The summed E-state index contributed by atoms with van der Waals surface area (Å²) < 4.78 is 119. The van der Waals surface area contributed by atoms with E-state index >= 15 is 13.6 Å². The molecular weight excluding hydrogens is 890 g/mol. The molecule has 0 radical (unpaired) electrons. The first kappa shape index (κ1) is 42.9. The third kappa shape index (κ3) is 7.52. The molecule has 1 saturated carbocycles. The first-order valence-electron chi connectivity index (χ1n) is 19.8. The summed E-state index contributed by atoms with van der Waals surface area (Å²) in [6.45, 7) is 2.72. The number of halogens is 7. The maximum atomic E-state index is 15.6. The minimum atomic E-state index is -3.92. The van der Waals surface area contributed by atoms with E-state index in [0.717, 1.165) is 28.6 Å². The van der Waals surface area contributed by atoms with Crippen molar-refractivity contribution in [1.29, 1.82) is 0 Å². The van der Waals surface area contributed by atoms with Gasteiger partial charge in [-0.25, -0.2) is 40.9 Å². The zero-order valence-electron chi connectivity index (χ0n) is 34.1. The Morgan fingerprint density at radius 1 is 1.02 bits per heavy atom. The van der Waals surface area contributed by atoms with Crippen LogP contribution in [0.4, 0.5) is 32.2 Å². The molecule has 0 saturated heterocycles. The van der Waals surface area contributed by atoms with Gasteiger partial charge in [-0.05, 0) is 73.7 Å². The van der Waals surface area contributed by atoms with Gasteiger partial charge in [-0.15, -0.1) is 0 Å². The number of hydrogen-bond donors (Lipinski definition) is 2. The van der Waals surface area contributed by atoms with Gasteiger partial charge in [0, 0.05) is 48.0 Å². The Morgan fingerprint density at radius 3 is 2.44 bits per heavy atom. The fourth-order valence-corrected chi connectivity index (χ4v) is 9.40. The Kier molecular flexibility index (Phi) is 10.3. The van der Waals surface area contributed by atoms with Gasteiger partial charge >= 0.3 is 0 Å². The lowest BCUT2D eigenvalue weighted by atomic mass is 10.0. The maximum absolute atomic E-state index is 15.6. The van der Waals surface area contributed by atoms with Crippen LogP contribution in [-0.2, 0) is 47.2 Å². The Bertz CT molecular complexity index is 3260. The third-order valence-corrected chi connectivity index (χ3v) is 12.2. The Labute approximate surface area is 364 Å². The SMILES string of the molecule is CCc1cc(C)nc(-c2ccc3c(=O)n(-c4ccc(Cl)c5c(NS(C)(=O)=O)nn(C)c45)c([C@H](Cc4cc(F)cc(F)c4)NC(=O)Cn4nc(C(F)F)c5c4C(F)(F)[C@@H]4C[C@H]54)nc3c2)n1. The van der Waals surface area contributed by atoms with E-state index in [4.69, 9.17) is 16.6 Å². The fourth-order valence-electron chi connectivity index (χ4n) is 8.66. The molecule has 64 heavy (non-hydrogen) atoms. The molecule has 2 N–H and O–H groups in total. The molecule has 4 aromatic heterocycles. The second kappa shape index (κ2) is 15.4. The molecule has 1 amide bonds. The summed E-state index contributed by atoms with van der Waals surface area (Å²) in [6.07, 6.45) is -2.19. The summed E-state index contributed by atoms with van der Waals surface area (Å²) in [7, 11) is -2.46. The molecule has 2 aliphatic carbocycles. The van der Waals surface area contributed by atoms with Crippen molar-refractivity contribution < 1.29 is 39.6 Å². The van der Waals surface area contributed by atoms with Crippen molar-refractivity contribution in [2.24, 2.45) is 13.0 Å². The average Bonchev–Trinajstić information content (AvgIpc) is 3.75. The minimum Gasteiger partial charge on any atom is -0.344 e. The number of nitrogens with one attached hydrogen (secondary N) is 2. The third-order valence-electron chi connectivity index (χ3n) is 11.3. The molecule has 3 aromatic carbocycles. The van der Waals surface area contributed by atoms with Crippen molar-refractivity contribution in [3.8, 4) is 17.1 Å². The number of rotatable bonds is 12. The van der Waals surface area contributed by atoms with Gasteiger partial charge < -0.3 is 5.32 Å². The number of aromatic nitrogens is 8. The lowest BCUT2D eigenvalue weighted by molar-refractivity contribution is -0.123. The average molecular weight is 925 g/mol. The van der Waals surface area contributed by atoms with Gasteiger partial charge in [0.15, 0.2) is 11.6 Å². The highest BCUT2D eigenvalue weighted by atomic mass is 35.5. The van der Waals surface area contributed by atoms with Crippen molar-refractivity contribution >= 4 is 55.2 Å². The van der Waals surface area contributed by atoms with Crippen molar-refractivity contribution in [1.82, 2.24) is 44.4 Å². The Morgan fingerprint density at radius 2 is 1.75 bits per heavy atom. The number of fused-ring (bicyclic) bond motifs is 5. The molecular formula is C42H35ClF6N10O4S. The molecule has 0 bridgehead atoms. The van der Waals surface area contributed by atoms with Crippen molar-refractivity contribution in [2.45, 2.75) is 64.0 Å². The number of hydrogen-bond acceptors (Lipinski definition) is 9. The zero-order valence-corrected chi connectivity index (χ0v) is 35.7. The van der Waals surface area contributed by atoms with Crippen LogP contribution in [0, 0.1) is 24.5 Å². The molecule has 0 unspecified atom stereocenters. The lowest BCUT2D eigenvalue weighted by Gasteiger charge is -2.24. The van der Waals surface area contributed by atoms with E-state index in [1.165, 1.54) is 29.9 Å². The number of nitrogens with zero attached hydrogens (tertiary/aromatic N) is 8. The predicted molar refractivity (Wildman–Crippen MR) is 223 cm³/mol. The molecule has 9 rings (SSSR count). The van der Waals surface area contributed by atoms with Crippen molar-refractivity contribution in [3.05, 3.63) is 121 Å². The van der Waals surface area contributed by atoms with E-state index in [1.54, 1.807) is 19.1 Å². The van der Waals surface area contributed by atoms with Gasteiger partial charge in [0.25, 0.3) is 17.9 Å². The normalized spacial score (nSPS) is 16.9. The number of carbonyl (C=O) groups excluding carboxylic acids is 1. The van der Waals surface area contributed by atoms with Gasteiger partial charge in [0.1, 0.15) is 35.4 Å². The van der Waals surface area contributed by atoms with E-state index in [9.17, 15) is 30.8 Å². The van der Waals surface area contributed by atoms with Crippen LogP contribution in [0.2, 0.25) is 5.02 Å². The largest absolute Gasteiger partial charge is 0.344 e. The summed E-state index contributed by atoms with van der Waals surface area (Å²) in [6, 6.07) is 10.3. The molecule has 3 atom stereocenters. The van der Waals surface area contributed by atoms with Crippen LogP contribution >= 0.6 is 11.6 Å². The number of amides is 1. The standard InChI is InChI=1S/C42H35ClF6N10O4S/c1-5-23-10-18(2)50-38(51-23)20-6-7-24-28(14-20)53-40(59(41(24)61)30-9-8-27(43)33-35(30)57(3)55-39(33)56-64(4,62)63)29(13-19-11-21(44)15-22(45)12-19)52-31(60)17-58-36-32(34(54-58)37(46)47)25-16-26(25)42(36,48)49/h6-12,14-15,25-26,29,37H,5,13,16-17H2,1-4H3,(H,52,60)(H,55,56)/t25-,26+,29-/m0/s1. The van der Waals surface area contributed by atoms with Gasteiger partial charge in [-0.1, -0.05) is 24.6 Å². The fraction of sp³-hybridized carbons (Fsp3) is 0.310. The summed E-state index contributed by atoms with van der Waals surface area (Å²) in [5, 5.41) is 10.9. The molecule has 0 aliphatic heterocycles. The molecule has 4 heterocycles. The summed E-state index contributed by atoms with van der Waals surface area (Å²) in [5.41, 5.74) is -0.682. The number of benzene rings is 3. The lowest BCUT2D eigenvalue weighted by Crippen LogP contribution is -2.38. The highest BCUT2D eigenvalue weighted by Gasteiger charge is 2.67. The number of carbonyl (C=O) groups is 1. The molecule has 2 aliphatic rings. The molecule has 14 nitrogen and oxygen atoms in total. The highest BCUT2D eigenvalue weighted by molar-refractivity contribution is 7.92. The quantitative estimate of drug-likeness (QED) is 0.119. The van der Waals surface area contributed by atoms with Crippen LogP contribution in [0.25, 0.3) is 38.9 Å². The number of sulfonamides is 1. The van der Waals surface area contributed by atoms with Gasteiger partial charge in [0.2, 0.25) is 15.9 Å². The van der Waals surface area contributed by atoms with Crippen molar-refractivity contribution in [3.63, 3.8) is 0 Å². The first-order chi connectivity index (χ1) is 30.2. The second-order valence-electron chi connectivity index (χ2n) is 15.9. The van der Waals surface area contributed by atoms with E-state index in [0.29, 0.717) is 34.3 Å². The highest BCUT2D eigenvalue weighted by Crippen LogP contribution is 2.68. The van der Waals surface area contributed by atoms with Crippen LogP contribution in [0.5, 0.6) is 0 Å². The molecule has 0 spiro atoms. The van der Waals surface area contributed by atoms with E-state index in [1.807, 2.05) is 13.0 Å². The Balaban J connectivity index is 1.27. The van der Waals surface area contributed by atoms with Crippen LogP contribution in [-0.4, -0.2) is 59.7 Å². The van der Waals surface area contributed by atoms with E-state index < -0.39 is 87.7 Å². The number of anilines is 1. The monoisotopic (exact) mass is 924 g/mol. The minimum absolute atomic E-state index is 0.00698. The second-order valence-corrected chi connectivity index (χ2v) is 18.1. The van der Waals surface area contributed by atoms with Gasteiger partial charge in [-0.2, -0.15) is 19.0 Å². The Hall–Kier alpha value is -6.35. The smallest absolute Gasteiger partial charge is 0.293 e. The van der Waals surface area contributed by atoms with Crippen LogP contribution in [0.1, 0.15) is 71.5 Å². The van der Waals surface area contributed by atoms with Crippen LogP contribution in [0.15, 0.2) is 59.4 Å². The molecule has 1 fully saturated rings. The number of aryl methyl sites for hydroxylation is 3. The van der Waals surface area contributed by atoms with Crippen LogP contribution in [0.3, 0.4) is 0 Å². The first-order valence-corrected chi connectivity index (χ1v) is 22.1. The van der Waals surface area contributed by atoms with E-state index in [2.05, 4.69) is 30.2 Å². The van der Waals surface area contributed by atoms with Crippen molar-refractivity contribution in [2.75, 3.05) is 11.0 Å². The molecule has 22 heteroatoms. The maximum Gasteiger partial charge on any atom is 0.293 e. The summed E-state index contributed by atoms with van der Waals surface area (Å²) in [4.78, 5) is 43.4. The van der Waals surface area contributed by atoms with Gasteiger partial charge in [-0.3, -0.25) is 28.2 Å². The predicted octanol–water partition coefficient (Wildman–Crippen LogP) is 7.35. The topological polar surface area (TPSA) is 172 Å². The number of alkyl halides is 4. The molecule has 332 valence electrons. The van der Waals surface area contributed by atoms with Gasteiger partial charge in [0.05, 0.1) is 44.8 Å².